The number of piperidine rings is 1. The Morgan fingerprint density at radius 2 is 2.18 bits per heavy atom. The maximum Gasteiger partial charge on any atom is 0.313 e. The van der Waals surface area contributed by atoms with Gasteiger partial charge in [0.15, 0.2) is 0 Å². The van der Waals surface area contributed by atoms with E-state index in [1.807, 2.05) is 6.92 Å². The van der Waals surface area contributed by atoms with Gasteiger partial charge in [0.25, 0.3) is 5.91 Å². The second-order valence-electron chi connectivity index (χ2n) is 5.81. The number of amides is 1. The van der Waals surface area contributed by atoms with Gasteiger partial charge >= 0.3 is 5.97 Å². The van der Waals surface area contributed by atoms with Crippen LogP contribution in [0.15, 0.2) is 18.2 Å². The number of carbonyl (C=O) groups excluding carboxylic acids is 1. The van der Waals surface area contributed by atoms with E-state index in [2.05, 4.69) is 0 Å². The molecular weight excluding hydrogens is 306 g/mol. The summed E-state index contributed by atoms with van der Waals surface area (Å²) in [5.41, 5.74) is 0.349. The number of benzene rings is 1. The van der Waals surface area contributed by atoms with Crippen molar-refractivity contribution in [3.63, 3.8) is 0 Å². The normalized spacial score (nSPS) is 21.7. The molecule has 1 fully saturated rings. The van der Waals surface area contributed by atoms with Crippen LogP contribution in [0, 0.1) is 12.3 Å². The fourth-order valence-electron chi connectivity index (χ4n) is 2.84. The van der Waals surface area contributed by atoms with Gasteiger partial charge in [0.2, 0.25) is 0 Å². The lowest BCUT2D eigenvalue weighted by atomic mass is 9.80. The quantitative estimate of drug-likeness (QED) is 0.924. The summed E-state index contributed by atoms with van der Waals surface area (Å²) >= 11 is 6.07. The Balaban J connectivity index is 2.22. The molecule has 1 atom stereocenters. The third-order valence-electron chi connectivity index (χ3n) is 4.16. The van der Waals surface area contributed by atoms with Crippen molar-refractivity contribution >= 4 is 23.5 Å². The van der Waals surface area contributed by atoms with Gasteiger partial charge in [0, 0.05) is 30.8 Å². The summed E-state index contributed by atoms with van der Waals surface area (Å²) in [6.45, 7) is 2.66. The minimum atomic E-state index is -1.03. The number of hydrogen-bond acceptors (Lipinski definition) is 3. The molecule has 1 aliphatic heterocycles. The molecule has 120 valence electrons. The predicted molar refractivity (Wildman–Crippen MR) is 83.3 cm³/mol. The molecule has 1 N–H and O–H groups in total. The van der Waals surface area contributed by atoms with Crippen molar-refractivity contribution in [2.24, 2.45) is 5.41 Å². The van der Waals surface area contributed by atoms with Crippen LogP contribution in [0.4, 0.5) is 0 Å². The van der Waals surface area contributed by atoms with Crippen LogP contribution < -0.4 is 0 Å². The van der Waals surface area contributed by atoms with Gasteiger partial charge in [-0.3, -0.25) is 9.59 Å². The van der Waals surface area contributed by atoms with Crippen molar-refractivity contribution in [3.05, 3.63) is 34.3 Å². The molecule has 1 unspecified atom stereocenters. The number of aryl methyl sites for hydroxylation is 1. The van der Waals surface area contributed by atoms with Gasteiger partial charge in [-0.2, -0.15) is 0 Å². The fraction of sp³-hybridized carbons (Fsp3) is 0.500. The van der Waals surface area contributed by atoms with Crippen LogP contribution in [0.1, 0.15) is 28.8 Å². The highest BCUT2D eigenvalue weighted by Gasteiger charge is 2.44. The van der Waals surface area contributed by atoms with Crippen LogP contribution in [0.2, 0.25) is 5.02 Å². The minimum Gasteiger partial charge on any atom is -0.481 e. The number of hydrogen-bond donors (Lipinski definition) is 1. The Bertz CT molecular complexity index is 586. The molecular formula is C16H20ClNO4. The highest BCUT2D eigenvalue weighted by atomic mass is 35.5. The third-order valence-corrected chi connectivity index (χ3v) is 4.56. The standard InChI is InChI=1S/C16H20ClNO4/c1-11-4-5-12(8-13(11)17)14(19)18-7-3-6-16(9-18,10-22-2)15(20)21/h4-5,8H,3,6-7,9-10H2,1-2H3,(H,20,21). The van der Waals surface area contributed by atoms with Crippen LogP contribution in [0.25, 0.3) is 0 Å². The van der Waals surface area contributed by atoms with Crippen molar-refractivity contribution in [1.29, 1.82) is 0 Å². The predicted octanol–water partition coefficient (Wildman–Crippen LogP) is 2.60. The molecule has 2 rings (SSSR count). The number of methoxy groups -OCH3 is 1. The lowest BCUT2D eigenvalue weighted by Crippen LogP contribution is -2.52. The molecule has 1 amide bonds. The molecule has 6 heteroatoms. The lowest BCUT2D eigenvalue weighted by molar-refractivity contribution is -0.155. The largest absolute Gasteiger partial charge is 0.481 e. The first-order chi connectivity index (χ1) is 10.4. The van der Waals surface area contributed by atoms with E-state index in [1.165, 1.54) is 7.11 Å². The molecule has 1 aromatic carbocycles. The van der Waals surface area contributed by atoms with E-state index in [9.17, 15) is 14.7 Å². The van der Waals surface area contributed by atoms with Crippen molar-refractivity contribution in [1.82, 2.24) is 4.90 Å². The Morgan fingerprint density at radius 1 is 1.45 bits per heavy atom. The molecule has 0 aromatic heterocycles. The smallest absolute Gasteiger partial charge is 0.313 e. The van der Waals surface area contributed by atoms with Gasteiger partial charge in [-0.25, -0.2) is 0 Å². The van der Waals surface area contributed by atoms with Crippen molar-refractivity contribution in [3.8, 4) is 0 Å². The highest BCUT2D eigenvalue weighted by molar-refractivity contribution is 6.31. The molecule has 0 radical (unpaired) electrons. The zero-order chi connectivity index (χ0) is 16.3. The molecule has 1 aliphatic rings. The topological polar surface area (TPSA) is 66.8 Å². The Hall–Kier alpha value is -1.59. The molecule has 22 heavy (non-hydrogen) atoms. The maximum atomic E-state index is 12.6. The van der Waals surface area contributed by atoms with Crippen LogP contribution >= 0.6 is 11.6 Å². The molecule has 0 saturated carbocycles. The van der Waals surface area contributed by atoms with Gasteiger partial charge in [-0.05, 0) is 37.5 Å². The summed E-state index contributed by atoms with van der Waals surface area (Å²) < 4.78 is 5.07. The number of halogens is 1. The average molecular weight is 326 g/mol. The second kappa shape index (κ2) is 6.67. The van der Waals surface area contributed by atoms with E-state index in [4.69, 9.17) is 16.3 Å². The molecule has 0 spiro atoms. The summed E-state index contributed by atoms with van der Waals surface area (Å²) in [5, 5.41) is 10.1. The number of likely N-dealkylation sites (tertiary alicyclic amines) is 1. The minimum absolute atomic E-state index is 0.0980. The third kappa shape index (κ3) is 3.25. The second-order valence-corrected chi connectivity index (χ2v) is 6.22. The number of aliphatic carboxylic acids is 1. The number of nitrogens with zero attached hydrogens (tertiary/aromatic N) is 1. The van der Waals surface area contributed by atoms with Crippen LogP contribution in [-0.2, 0) is 9.53 Å². The van der Waals surface area contributed by atoms with E-state index in [-0.39, 0.29) is 19.1 Å². The molecule has 0 aliphatic carbocycles. The van der Waals surface area contributed by atoms with E-state index in [1.54, 1.807) is 23.1 Å². The molecule has 1 aromatic rings. The van der Waals surface area contributed by atoms with E-state index in [0.29, 0.717) is 30.0 Å². The number of carbonyl (C=O) groups is 2. The number of carboxylic acids is 1. The summed E-state index contributed by atoms with van der Waals surface area (Å²) in [6.07, 6.45) is 1.15. The molecule has 1 saturated heterocycles. The summed E-state index contributed by atoms with van der Waals surface area (Å²) in [7, 11) is 1.48. The van der Waals surface area contributed by atoms with Gasteiger partial charge in [-0.1, -0.05) is 17.7 Å². The van der Waals surface area contributed by atoms with Crippen molar-refractivity contribution in [2.75, 3.05) is 26.8 Å². The van der Waals surface area contributed by atoms with E-state index < -0.39 is 11.4 Å². The lowest BCUT2D eigenvalue weighted by Gasteiger charge is -2.39. The number of carboxylic acid groups (broad SMARTS) is 1. The molecule has 5 nitrogen and oxygen atoms in total. The zero-order valence-electron chi connectivity index (χ0n) is 12.8. The first-order valence-corrected chi connectivity index (χ1v) is 7.55. The number of rotatable bonds is 4. The number of ether oxygens (including phenoxy) is 1. The zero-order valence-corrected chi connectivity index (χ0v) is 13.5. The fourth-order valence-corrected chi connectivity index (χ4v) is 3.02. The maximum absolute atomic E-state index is 12.6. The van der Waals surface area contributed by atoms with Crippen molar-refractivity contribution in [2.45, 2.75) is 19.8 Å². The van der Waals surface area contributed by atoms with Gasteiger partial charge in [-0.15, -0.1) is 0 Å². The Kier molecular flexibility index (Phi) is 5.08. The van der Waals surface area contributed by atoms with E-state index >= 15 is 0 Å². The Morgan fingerprint density at radius 3 is 2.77 bits per heavy atom. The first kappa shape index (κ1) is 16.8. The average Bonchev–Trinajstić information content (AvgIpc) is 2.49. The van der Waals surface area contributed by atoms with Crippen LogP contribution in [-0.4, -0.2) is 48.7 Å². The van der Waals surface area contributed by atoms with Gasteiger partial charge in [0.05, 0.1) is 6.61 Å². The van der Waals surface area contributed by atoms with Gasteiger partial charge in [0.1, 0.15) is 5.41 Å². The monoisotopic (exact) mass is 325 g/mol. The SMILES string of the molecule is COCC1(C(=O)O)CCCN(C(=O)c2ccc(C)c(Cl)c2)C1. The molecule has 0 bridgehead atoms. The van der Waals surface area contributed by atoms with Crippen LogP contribution in [0.3, 0.4) is 0 Å². The summed E-state index contributed by atoms with van der Waals surface area (Å²) in [6, 6.07) is 5.14. The van der Waals surface area contributed by atoms with E-state index in [0.717, 1.165) is 5.56 Å². The van der Waals surface area contributed by atoms with Crippen molar-refractivity contribution < 1.29 is 19.4 Å². The summed E-state index contributed by atoms with van der Waals surface area (Å²) in [4.78, 5) is 25.8. The van der Waals surface area contributed by atoms with Crippen LogP contribution in [0.5, 0.6) is 0 Å². The molecule has 1 heterocycles. The summed E-state index contributed by atoms with van der Waals surface area (Å²) in [5.74, 6) is -1.11. The first-order valence-electron chi connectivity index (χ1n) is 7.17. The highest BCUT2D eigenvalue weighted by Crippen LogP contribution is 2.32. The van der Waals surface area contributed by atoms with Gasteiger partial charge < -0.3 is 14.7 Å². The Labute approximate surface area is 134 Å².